The van der Waals surface area contributed by atoms with Gasteiger partial charge in [-0.2, -0.15) is 0 Å². The first-order valence-electron chi connectivity index (χ1n) is 9.96. The van der Waals surface area contributed by atoms with E-state index in [0.717, 1.165) is 27.8 Å². The van der Waals surface area contributed by atoms with Crippen molar-refractivity contribution in [2.75, 3.05) is 13.7 Å². The van der Waals surface area contributed by atoms with Crippen molar-refractivity contribution in [1.82, 2.24) is 10.2 Å². The lowest BCUT2D eigenvalue weighted by Gasteiger charge is -2.20. The van der Waals surface area contributed by atoms with Gasteiger partial charge in [0.25, 0.3) is 0 Å². The molecule has 4 nitrogen and oxygen atoms in total. The monoisotopic (exact) mass is 388 g/mol. The Bertz CT molecular complexity index is 925. The highest BCUT2D eigenvalue weighted by Crippen LogP contribution is 2.24. The van der Waals surface area contributed by atoms with Crippen LogP contribution in [0.4, 0.5) is 4.79 Å². The fourth-order valence-electron chi connectivity index (χ4n) is 3.27. The molecule has 0 aliphatic rings. The molecule has 3 rings (SSSR count). The van der Waals surface area contributed by atoms with Gasteiger partial charge in [0.2, 0.25) is 0 Å². The summed E-state index contributed by atoms with van der Waals surface area (Å²) in [6.07, 6.45) is 0. The Labute approximate surface area is 173 Å². The molecule has 3 aromatic carbocycles. The van der Waals surface area contributed by atoms with E-state index in [1.807, 2.05) is 68.6 Å². The molecule has 3 aromatic rings. The Balaban J connectivity index is 1.64. The van der Waals surface area contributed by atoms with E-state index in [2.05, 4.69) is 29.6 Å². The van der Waals surface area contributed by atoms with Gasteiger partial charge >= 0.3 is 6.03 Å². The van der Waals surface area contributed by atoms with E-state index < -0.39 is 0 Å². The maximum atomic E-state index is 12.7. The molecule has 0 saturated carbocycles. The molecule has 4 heteroatoms. The van der Waals surface area contributed by atoms with Crippen molar-refractivity contribution < 1.29 is 9.53 Å². The van der Waals surface area contributed by atoms with E-state index in [9.17, 15) is 4.79 Å². The predicted octanol–water partition coefficient (Wildman–Crippen LogP) is 5.23. The second-order valence-corrected chi connectivity index (χ2v) is 6.94. The van der Waals surface area contributed by atoms with E-state index in [0.29, 0.717) is 26.3 Å². The van der Waals surface area contributed by atoms with Crippen LogP contribution in [0, 0.1) is 0 Å². The number of amides is 2. The first-order chi connectivity index (χ1) is 14.2. The summed E-state index contributed by atoms with van der Waals surface area (Å²) in [5, 5.41) is 3.03. The molecule has 29 heavy (non-hydrogen) atoms. The van der Waals surface area contributed by atoms with Crippen molar-refractivity contribution in [1.29, 1.82) is 0 Å². The molecule has 2 amide bonds. The van der Waals surface area contributed by atoms with E-state index in [4.69, 9.17) is 4.74 Å². The number of ether oxygens (including phenoxy) is 1. The van der Waals surface area contributed by atoms with Gasteiger partial charge in [-0.15, -0.1) is 0 Å². The van der Waals surface area contributed by atoms with Gasteiger partial charge in [0.1, 0.15) is 0 Å². The van der Waals surface area contributed by atoms with E-state index in [-0.39, 0.29) is 6.03 Å². The molecule has 0 atom stereocenters. The number of hydrogen-bond acceptors (Lipinski definition) is 2. The minimum absolute atomic E-state index is 0.0981. The molecule has 0 aliphatic carbocycles. The molecule has 0 unspecified atom stereocenters. The Morgan fingerprint density at radius 2 is 1.48 bits per heavy atom. The highest BCUT2D eigenvalue weighted by Gasteiger charge is 2.12. The van der Waals surface area contributed by atoms with Crippen LogP contribution in [0.1, 0.15) is 23.6 Å². The molecule has 1 N–H and O–H groups in total. The number of carbonyl (C=O) groups excluding carboxylic acids is 1. The van der Waals surface area contributed by atoms with Gasteiger partial charge in [-0.3, -0.25) is 0 Å². The number of urea groups is 1. The fraction of sp³-hybridized carbons (Fsp3) is 0.240. The summed E-state index contributed by atoms with van der Waals surface area (Å²) < 4.78 is 5.53. The highest BCUT2D eigenvalue weighted by molar-refractivity contribution is 5.75. The molecule has 0 saturated heterocycles. The van der Waals surface area contributed by atoms with Crippen molar-refractivity contribution >= 4 is 6.03 Å². The number of nitrogens with one attached hydrogen (secondary N) is 1. The Morgan fingerprint density at radius 1 is 0.862 bits per heavy atom. The Hall–Kier alpha value is -3.11. The topological polar surface area (TPSA) is 41.6 Å². The summed E-state index contributed by atoms with van der Waals surface area (Å²) in [4.78, 5) is 14.4. The number of nitrogens with zero attached hydrogens (tertiary/aromatic N) is 1. The third-order valence-corrected chi connectivity index (χ3v) is 4.87. The zero-order valence-electron chi connectivity index (χ0n) is 17.1. The van der Waals surface area contributed by atoms with Crippen LogP contribution in [0.3, 0.4) is 0 Å². The predicted molar refractivity (Wildman–Crippen MR) is 117 cm³/mol. The lowest BCUT2D eigenvalue weighted by Crippen LogP contribution is -2.36. The SMILES string of the molecule is CCOCc1ccccc1CNC(=O)N(C)Cc1ccccc1-c1ccccc1. The standard InChI is InChI=1S/C25H28N2O2/c1-3-29-19-23-15-8-7-13-21(23)17-26-25(28)27(2)18-22-14-9-10-16-24(22)20-11-5-4-6-12-20/h4-16H,3,17-19H2,1-2H3,(H,26,28). The summed E-state index contributed by atoms with van der Waals surface area (Å²) in [5.74, 6) is 0. The van der Waals surface area contributed by atoms with Crippen molar-refractivity contribution in [2.45, 2.75) is 26.6 Å². The summed E-state index contributed by atoms with van der Waals surface area (Å²) in [7, 11) is 1.82. The molecule has 0 radical (unpaired) electrons. The second kappa shape index (κ2) is 10.4. The molecular weight excluding hydrogens is 360 g/mol. The minimum atomic E-state index is -0.0981. The molecule has 0 heterocycles. The summed E-state index contributed by atoms with van der Waals surface area (Å²) >= 11 is 0. The quantitative estimate of drug-likeness (QED) is 0.574. The van der Waals surface area contributed by atoms with Crippen LogP contribution in [0.5, 0.6) is 0 Å². The normalized spacial score (nSPS) is 10.6. The fourth-order valence-corrected chi connectivity index (χ4v) is 3.27. The average Bonchev–Trinajstić information content (AvgIpc) is 2.77. The van der Waals surface area contributed by atoms with Gasteiger partial charge < -0.3 is 15.0 Å². The average molecular weight is 389 g/mol. The third-order valence-electron chi connectivity index (χ3n) is 4.87. The number of carbonyl (C=O) groups is 1. The largest absolute Gasteiger partial charge is 0.377 e. The maximum Gasteiger partial charge on any atom is 0.317 e. The van der Waals surface area contributed by atoms with E-state index >= 15 is 0 Å². The lowest BCUT2D eigenvalue weighted by molar-refractivity contribution is 0.133. The number of hydrogen-bond donors (Lipinski definition) is 1. The number of rotatable bonds is 8. The lowest BCUT2D eigenvalue weighted by atomic mass is 9.99. The van der Waals surface area contributed by atoms with Gasteiger partial charge in [-0.05, 0) is 34.7 Å². The molecule has 0 aromatic heterocycles. The van der Waals surface area contributed by atoms with Crippen LogP contribution < -0.4 is 5.32 Å². The van der Waals surface area contributed by atoms with Crippen LogP contribution in [0.2, 0.25) is 0 Å². The summed E-state index contributed by atoms with van der Waals surface area (Å²) in [5.41, 5.74) is 5.60. The molecule has 0 aliphatic heterocycles. The smallest absolute Gasteiger partial charge is 0.317 e. The first kappa shape index (κ1) is 20.6. The zero-order chi connectivity index (χ0) is 20.5. The van der Waals surface area contributed by atoms with E-state index in [1.54, 1.807) is 4.90 Å². The van der Waals surface area contributed by atoms with Crippen LogP contribution in [0.25, 0.3) is 11.1 Å². The van der Waals surface area contributed by atoms with Crippen LogP contribution in [0.15, 0.2) is 78.9 Å². The van der Waals surface area contributed by atoms with Gasteiger partial charge in [0.15, 0.2) is 0 Å². The van der Waals surface area contributed by atoms with Crippen LogP contribution in [-0.2, 0) is 24.4 Å². The molecule has 0 fully saturated rings. The van der Waals surface area contributed by atoms with Crippen molar-refractivity contribution in [2.24, 2.45) is 0 Å². The van der Waals surface area contributed by atoms with Crippen LogP contribution in [-0.4, -0.2) is 24.6 Å². The van der Waals surface area contributed by atoms with Gasteiger partial charge in [-0.1, -0.05) is 78.9 Å². The maximum absolute atomic E-state index is 12.7. The summed E-state index contributed by atoms with van der Waals surface area (Å²) in [6.45, 7) is 4.23. The van der Waals surface area contributed by atoms with Crippen molar-refractivity contribution in [3.63, 3.8) is 0 Å². The Morgan fingerprint density at radius 3 is 2.21 bits per heavy atom. The summed E-state index contributed by atoms with van der Waals surface area (Å²) in [6, 6.07) is 26.4. The Kier molecular flexibility index (Phi) is 7.42. The molecule has 0 spiro atoms. The van der Waals surface area contributed by atoms with Gasteiger partial charge in [-0.25, -0.2) is 4.79 Å². The molecular formula is C25H28N2O2. The zero-order valence-corrected chi connectivity index (χ0v) is 17.1. The molecule has 0 bridgehead atoms. The van der Waals surface area contributed by atoms with Crippen molar-refractivity contribution in [3.8, 4) is 11.1 Å². The molecule has 150 valence electrons. The van der Waals surface area contributed by atoms with Gasteiger partial charge in [0, 0.05) is 26.7 Å². The van der Waals surface area contributed by atoms with Crippen LogP contribution >= 0.6 is 0 Å². The third kappa shape index (κ3) is 5.69. The van der Waals surface area contributed by atoms with Gasteiger partial charge in [0.05, 0.1) is 6.61 Å². The highest BCUT2D eigenvalue weighted by atomic mass is 16.5. The van der Waals surface area contributed by atoms with Crippen molar-refractivity contribution in [3.05, 3.63) is 95.6 Å². The second-order valence-electron chi connectivity index (χ2n) is 6.94. The first-order valence-corrected chi connectivity index (χ1v) is 9.96. The van der Waals surface area contributed by atoms with E-state index in [1.165, 1.54) is 0 Å². The number of benzene rings is 3. The minimum Gasteiger partial charge on any atom is -0.377 e.